The number of nitrogens with one attached hydrogen (secondary N) is 1. The maximum atomic E-state index is 5.57. The molecule has 0 fully saturated rings. The lowest BCUT2D eigenvalue weighted by atomic mass is 9.86. The van der Waals surface area contributed by atoms with E-state index >= 15 is 0 Å². The van der Waals surface area contributed by atoms with Crippen LogP contribution < -0.4 is 19.5 Å². The van der Waals surface area contributed by atoms with Crippen LogP contribution >= 0.6 is 0 Å². The highest BCUT2D eigenvalue weighted by Crippen LogP contribution is 2.46. The molecule has 0 saturated heterocycles. The van der Waals surface area contributed by atoms with Gasteiger partial charge in [-0.05, 0) is 37.4 Å². The van der Waals surface area contributed by atoms with Crippen LogP contribution in [0.25, 0.3) is 0 Å². The summed E-state index contributed by atoms with van der Waals surface area (Å²) in [7, 11) is 5.00. The molecule has 0 aliphatic heterocycles. The van der Waals surface area contributed by atoms with Gasteiger partial charge in [0, 0.05) is 11.6 Å². The van der Waals surface area contributed by atoms with Crippen LogP contribution in [0.3, 0.4) is 0 Å². The van der Waals surface area contributed by atoms with E-state index in [0.717, 1.165) is 37.3 Å². The van der Waals surface area contributed by atoms with Gasteiger partial charge in [-0.1, -0.05) is 6.92 Å². The molecule has 1 aliphatic carbocycles. The summed E-state index contributed by atoms with van der Waals surface area (Å²) in [6, 6.07) is 2.46. The molecule has 0 amide bonds. The quantitative estimate of drug-likeness (QED) is 0.888. The Kier molecular flexibility index (Phi) is 4.53. The van der Waals surface area contributed by atoms with Crippen LogP contribution in [0.15, 0.2) is 6.07 Å². The second kappa shape index (κ2) is 6.15. The minimum absolute atomic E-state index is 0.377. The summed E-state index contributed by atoms with van der Waals surface area (Å²) < 4.78 is 16.5. The van der Waals surface area contributed by atoms with Gasteiger partial charge in [-0.3, -0.25) is 0 Å². The third-order valence-electron chi connectivity index (χ3n) is 3.71. The summed E-state index contributed by atoms with van der Waals surface area (Å²) in [5, 5.41) is 3.53. The number of benzene rings is 1. The zero-order chi connectivity index (χ0) is 13.8. The molecule has 0 bridgehead atoms. The maximum absolute atomic E-state index is 5.57. The van der Waals surface area contributed by atoms with E-state index < -0.39 is 0 Å². The van der Waals surface area contributed by atoms with Gasteiger partial charge < -0.3 is 19.5 Å². The van der Waals surface area contributed by atoms with Gasteiger partial charge in [-0.15, -0.1) is 0 Å². The van der Waals surface area contributed by atoms with E-state index in [9.17, 15) is 0 Å². The monoisotopic (exact) mass is 265 g/mol. The Balaban J connectivity index is 2.56. The first-order valence-electron chi connectivity index (χ1n) is 6.81. The molecule has 1 unspecified atom stereocenters. The topological polar surface area (TPSA) is 39.7 Å². The van der Waals surface area contributed by atoms with Crippen LogP contribution in [0.1, 0.15) is 36.9 Å². The van der Waals surface area contributed by atoms with Gasteiger partial charge in [0.15, 0.2) is 11.5 Å². The molecule has 1 N–H and O–H groups in total. The van der Waals surface area contributed by atoms with Crippen LogP contribution in [0.5, 0.6) is 17.2 Å². The van der Waals surface area contributed by atoms with Gasteiger partial charge in [0.25, 0.3) is 0 Å². The van der Waals surface area contributed by atoms with Crippen molar-refractivity contribution in [2.24, 2.45) is 0 Å². The second-order valence-corrected chi connectivity index (χ2v) is 4.72. The van der Waals surface area contributed by atoms with E-state index in [2.05, 4.69) is 18.3 Å². The van der Waals surface area contributed by atoms with Crippen molar-refractivity contribution in [3.63, 3.8) is 0 Å². The average molecular weight is 265 g/mol. The van der Waals surface area contributed by atoms with Gasteiger partial charge in [0.1, 0.15) is 0 Å². The highest BCUT2D eigenvalue weighted by Gasteiger charge is 2.27. The molecule has 0 saturated carbocycles. The largest absolute Gasteiger partial charge is 0.493 e. The molecule has 0 aromatic heterocycles. The van der Waals surface area contributed by atoms with E-state index in [1.807, 2.05) is 0 Å². The summed E-state index contributed by atoms with van der Waals surface area (Å²) in [4.78, 5) is 0. The van der Waals surface area contributed by atoms with Crippen LogP contribution in [-0.2, 0) is 6.42 Å². The molecule has 1 aromatic rings. The SMILES string of the molecule is CCNC1CCCc2c1cc(OC)c(OC)c2OC. The Labute approximate surface area is 115 Å². The summed E-state index contributed by atoms with van der Waals surface area (Å²) in [5.74, 6) is 2.25. The number of hydrogen-bond acceptors (Lipinski definition) is 4. The molecule has 1 aliphatic rings. The highest BCUT2D eigenvalue weighted by atomic mass is 16.5. The maximum Gasteiger partial charge on any atom is 0.203 e. The lowest BCUT2D eigenvalue weighted by Crippen LogP contribution is -2.25. The fourth-order valence-corrected chi connectivity index (χ4v) is 2.90. The van der Waals surface area contributed by atoms with Gasteiger partial charge in [-0.2, -0.15) is 0 Å². The first-order valence-corrected chi connectivity index (χ1v) is 6.81. The molecule has 0 heterocycles. The van der Waals surface area contributed by atoms with Crippen molar-refractivity contribution in [1.82, 2.24) is 5.32 Å². The molecule has 2 rings (SSSR count). The zero-order valence-electron chi connectivity index (χ0n) is 12.2. The molecular formula is C15H23NO3. The predicted molar refractivity (Wildman–Crippen MR) is 75.5 cm³/mol. The third-order valence-corrected chi connectivity index (χ3v) is 3.71. The third kappa shape index (κ3) is 2.50. The van der Waals surface area contributed by atoms with Crippen LogP contribution in [0.4, 0.5) is 0 Å². The average Bonchev–Trinajstić information content (AvgIpc) is 2.45. The molecule has 0 spiro atoms. The zero-order valence-corrected chi connectivity index (χ0v) is 12.2. The Morgan fingerprint density at radius 2 is 1.89 bits per heavy atom. The van der Waals surface area contributed by atoms with Gasteiger partial charge in [0.05, 0.1) is 21.3 Å². The van der Waals surface area contributed by atoms with E-state index in [0.29, 0.717) is 11.8 Å². The summed E-state index contributed by atoms with van der Waals surface area (Å²) in [6.07, 6.45) is 3.34. The van der Waals surface area contributed by atoms with Crippen molar-refractivity contribution in [3.8, 4) is 17.2 Å². The normalized spacial score (nSPS) is 17.8. The second-order valence-electron chi connectivity index (χ2n) is 4.72. The van der Waals surface area contributed by atoms with Crippen molar-refractivity contribution >= 4 is 0 Å². The van der Waals surface area contributed by atoms with E-state index in [-0.39, 0.29) is 0 Å². The van der Waals surface area contributed by atoms with Gasteiger partial charge in [0.2, 0.25) is 5.75 Å². The van der Waals surface area contributed by atoms with Gasteiger partial charge in [-0.25, -0.2) is 0 Å². The lowest BCUT2D eigenvalue weighted by Gasteiger charge is -2.29. The Morgan fingerprint density at radius 3 is 2.47 bits per heavy atom. The lowest BCUT2D eigenvalue weighted by molar-refractivity contribution is 0.317. The minimum atomic E-state index is 0.377. The van der Waals surface area contributed by atoms with Gasteiger partial charge >= 0.3 is 0 Å². The predicted octanol–water partition coefficient (Wildman–Crippen LogP) is 2.70. The molecule has 1 atom stereocenters. The fourth-order valence-electron chi connectivity index (χ4n) is 2.90. The van der Waals surface area contributed by atoms with Crippen LogP contribution in [0, 0.1) is 0 Å². The fraction of sp³-hybridized carbons (Fsp3) is 0.600. The Hall–Kier alpha value is -1.42. The van der Waals surface area contributed by atoms with Crippen LogP contribution in [-0.4, -0.2) is 27.9 Å². The molecule has 0 radical (unpaired) electrons. The first kappa shape index (κ1) is 14.0. The van der Waals surface area contributed by atoms with Crippen molar-refractivity contribution in [2.75, 3.05) is 27.9 Å². The van der Waals surface area contributed by atoms with E-state index in [4.69, 9.17) is 14.2 Å². The summed E-state index contributed by atoms with van der Waals surface area (Å²) in [6.45, 7) is 3.09. The molecular weight excluding hydrogens is 242 g/mol. The standard InChI is InChI=1S/C15H23NO3/c1-5-16-12-8-6-7-10-11(12)9-13(17-2)15(19-4)14(10)18-3/h9,12,16H,5-8H2,1-4H3. The molecule has 19 heavy (non-hydrogen) atoms. The Bertz CT molecular complexity index is 446. The van der Waals surface area contributed by atoms with Crippen LogP contribution in [0.2, 0.25) is 0 Å². The molecule has 106 valence electrons. The van der Waals surface area contributed by atoms with E-state index in [1.165, 1.54) is 11.1 Å². The molecule has 1 aromatic carbocycles. The van der Waals surface area contributed by atoms with E-state index in [1.54, 1.807) is 21.3 Å². The van der Waals surface area contributed by atoms with Crippen molar-refractivity contribution in [1.29, 1.82) is 0 Å². The summed E-state index contributed by atoms with van der Waals surface area (Å²) in [5.41, 5.74) is 2.53. The highest BCUT2D eigenvalue weighted by molar-refractivity contribution is 5.60. The number of methoxy groups -OCH3 is 3. The number of fused-ring (bicyclic) bond motifs is 1. The van der Waals surface area contributed by atoms with Crippen molar-refractivity contribution < 1.29 is 14.2 Å². The summed E-state index contributed by atoms with van der Waals surface area (Å²) >= 11 is 0. The van der Waals surface area contributed by atoms with Crippen molar-refractivity contribution in [3.05, 3.63) is 17.2 Å². The molecule has 4 heteroatoms. The smallest absolute Gasteiger partial charge is 0.203 e. The number of hydrogen-bond donors (Lipinski definition) is 1. The Morgan fingerprint density at radius 1 is 1.16 bits per heavy atom. The number of ether oxygens (including phenoxy) is 3. The minimum Gasteiger partial charge on any atom is -0.493 e. The first-order chi connectivity index (χ1) is 9.26. The number of rotatable bonds is 5. The molecule has 4 nitrogen and oxygen atoms in total. The van der Waals surface area contributed by atoms with Crippen molar-refractivity contribution in [2.45, 2.75) is 32.2 Å².